The highest BCUT2D eigenvalue weighted by molar-refractivity contribution is 7.99. The van der Waals surface area contributed by atoms with E-state index < -0.39 is 17.9 Å². The van der Waals surface area contributed by atoms with Gasteiger partial charge in [0.15, 0.2) is 0 Å². The Morgan fingerprint density at radius 3 is 2.44 bits per heavy atom. The fraction of sp³-hybridized carbons (Fsp3) is 0.667. The van der Waals surface area contributed by atoms with E-state index in [2.05, 4.69) is 10.6 Å². The number of rotatable bonds is 6. The first kappa shape index (κ1) is 14.8. The third-order valence-electron chi connectivity index (χ3n) is 1.77. The Morgan fingerprint density at radius 2 is 1.94 bits per heavy atom. The van der Waals surface area contributed by atoms with Crippen LogP contribution in [0.15, 0.2) is 0 Å². The van der Waals surface area contributed by atoms with Crippen LogP contribution >= 0.6 is 11.8 Å². The SMILES string of the molecule is CSC(C)CNC(=O)NC(=O)CCC(=O)O. The number of aliphatic carboxylic acids is 1. The molecule has 1 atom stereocenters. The second-order valence-corrected chi connectivity index (χ2v) is 4.47. The van der Waals surface area contributed by atoms with Crippen LogP contribution in [0, 0.1) is 0 Å². The standard InChI is InChI=1S/C9H16N2O4S/c1-6(16-2)5-10-9(15)11-7(12)3-4-8(13)14/h6H,3-5H2,1-2H3,(H,13,14)(H2,10,11,12,15). The largest absolute Gasteiger partial charge is 0.481 e. The molecule has 0 aromatic heterocycles. The Labute approximate surface area is 98.2 Å². The number of amides is 3. The molecule has 0 fully saturated rings. The van der Waals surface area contributed by atoms with Crippen LogP contribution in [0.25, 0.3) is 0 Å². The molecule has 0 aromatic rings. The topological polar surface area (TPSA) is 95.5 Å². The molecule has 16 heavy (non-hydrogen) atoms. The van der Waals surface area contributed by atoms with E-state index in [1.807, 2.05) is 13.2 Å². The predicted octanol–water partition coefficient (Wildman–Crippen LogP) is 0.428. The van der Waals surface area contributed by atoms with Gasteiger partial charge in [-0.2, -0.15) is 11.8 Å². The lowest BCUT2D eigenvalue weighted by Gasteiger charge is -2.09. The van der Waals surface area contributed by atoms with Gasteiger partial charge in [-0.1, -0.05) is 6.92 Å². The summed E-state index contributed by atoms with van der Waals surface area (Å²) in [6.07, 6.45) is 1.45. The van der Waals surface area contributed by atoms with E-state index in [9.17, 15) is 14.4 Å². The molecule has 3 amide bonds. The van der Waals surface area contributed by atoms with Gasteiger partial charge in [0.25, 0.3) is 0 Å². The van der Waals surface area contributed by atoms with E-state index in [1.54, 1.807) is 11.8 Å². The number of thioether (sulfide) groups is 1. The van der Waals surface area contributed by atoms with Crippen LogP contribution in [-0.4, -0.2) is 41.1 Å². The zero-order chi connectivity index (χ0) is 12.6. The molecular formula is C9H16N2O4S. The highest BCUT2D eigenvalue weighted by Gasteiger charge is 2.09. The van der Waals surface area contributed by atoms with Gasteiger partial charge < -0.3 is 10.4 Å². The van der Waals surface area contributed by atoms with Gasteiger partial charge in [-0.15, -0.1) is 0 Å². The summed E-state index contributed by atoms with van der Waals surface area (Å²) in [5, 5.41) is 13.2. The van der Waals surface area contributed by atoms with E-state index in [1.165, 1.54) is 0 Å². The normalized spacial score (nSPS) is 11.6. The van der Waals surface area contributed by atoms with Gasteiger partial charge in [-0.3, -0.25) is 14.9 Å². The van der Waals surface area contributed by atoms with Gasteiger partial charge in [0.2, 0.25) is 5.91 Å². The van der Waals surface area contributed by atoms with Gasteiger partial charge in [0.05, 0.1) is 6.42 Å². The van der Waals surface area contributed by atoms with Crippen molar-refractivity contribution in [1.29, 1.82) is 0 Å². The Morgan fingerprint density at radius 1 is 1.31 bits per heavy atom. The van der Waals surface area contributed by atoms with Crippen molar-refractivity contribution in [2.24, 2.45) is 0 Å². The number of carbonyl (C=O) groups excluding carboxylic acids is 2. The average molecular weight is 248 g/mol. The molecule has 6 nitrogen and oxygen atoms in total. The summed E-state index contributed by atoms with van der Waals surface area (Å²) in [6.45, 7) is 2.40. The van der Waals surface area contributed by atoms with Crippen molar-refractivity contribution in [2.45, 2.75) is 25.0 Å². The molecule has 0 rings (SSSR count). The van der Waals surface area contributed by atoms with Crippen molar-refractivity contribution < 1.29 is 19.5 Å². The van der Waals surface area contributed by atoms with E-state index in [4.69, 9.17) is 5.11 Å². The third-order valence-corrected chi connectivity index (χ3v) is 2.74. The number of carbonyl (C=O) groups is 3. The van der Waals surface area contributed by atoms with E-state index in [0.717, 1.165) is 0 Å². The number of carboxylic acid groups (broad SMARTS) is 1. The minimum absolute atomic E-state index is 0.194. The minimum atomic E-state index is -1.06. The Kier molecular flexibility index (Phi) is 7.36. The molecule has 1 unspecified atom stereocenters. The van der Waals surface area contributed by atoms with Crippen LogP contribution in [0.1, 0.15) is 19.8 Å². The highest BCUT2D eigenvalue weighted by atomic mass is 32.2. The van der Waals surface area contributed by atoms with Crippen LogP contribution in [-0.2, 0) is 9.59 Å². The quantitative estimate of drug-likeness (QED) is 0.633. The van der Waals surface area contributed by atoms with Crippen LogP contribution in [0.4, 0.5) is 4.79 Å². The first-order valence-electron chi connectivity index (χ1n) is 4.78. The number of hydrogen-bond donors (Lipinski definition) is 3. The second kappa shape index (κ2) is 7.98. The van der Waals surface area contributed by atoms with Crippen LogP contribution in [0.2, 0.25) is 0 Å². The molecule has 0 bridgehead atoms. The number of urea groups is 1. The van der Waals surface area contributed by atoms with Crippen molar-refractivity contribution in [3.05, 3.63) is 0 Å². The van der Waals surface area contributed by atoms with Crippen molar-refractivity contribution in [1.82, 2.24) is 10.6 Å². The minimum Gasteiger partial charge on any atom is -0.481 e. The average Bonchev–Trinajstić information content (AvgIpc) is 2.23. The summed E-state index contributed by atoms with van der Waals surface area (Å²) in [5.74, 6) is -1.65. The fourth-order valence-electron chi connectivity index (χ4n) is 0.774. The molecule has 0 aromatic carbocycles. The molecule has 92 valence electrons. The lowest BCUT2D eigenvalue weighted by atomic mass is 10.3. The van der Waals surface area contributed by atoms with Gasteiger partial charge in [-0.05, 0) is 6.26 Å². The Bertz CT molecular complexity index is 270. The summed E-state index contributed by atoms with van der Waals surface area (Å²) in [6, 6.07) is -0.587. The predicted molar refractivity (Wildman–Crippen MR) is 61.4 cm³/mol. The maximum Gasteiger partial charge on any atom is 0.321 e. The maximum absolute atomic E-state index is 11.1. The van der Waals surface area contributed by atoms with Gasteiger partial charge in [-0.25, -0.2) is 4.79 Å². The molecule has 7 heteroatoms. The molecular weight excluding hydrogens is 232 g/mol. The first-order chi connectivity index (χ1) is 7.45. The van der Waals surface area contributed by atoms with E-state index in [0.29, 0.717) is 6.54 Å². The smallest absolute Gasteiger partial charge is 0.321 e. The molecule has 0 spiro atoms. The fourth-order valence-corrected chi connectivity index (χ4v) is 1.02. The highest BCUT2D eigenvalue weighted by Crippen LogP contribution is 2.02. The summed E-state index contributed by atoms with van der Waals surface area (Å²) in [5.41, 5.74) is 0. The lowest BCUT2D eigenvalue weighted by molar-refractivity contribution is -0.138. The van der Waals surface area contributed by atoms with Crippen LogP contribution in [0.5, 0.6) is 0 Å². The molecule has 3 N–H and O–H groups in total. The van der Waals surface area contributed by atoms with Crippen molar-refractivity contribution in [3.8, 4) is 0 Å². The Hall–Kier alpha value is -1.24. The second-order valence-electron chi connectivity index (χ2n) is 3.20. The van der Waals surface area contributed by atoms with Crippen LogP contribution in [0.3, 0.4) is 0 Å². The number of carboxylic acids is 1. The zero-order valence-corrected chi connectivity index (χ0v) is 10.1. The van der Waals surface area contributed by atoms with Crippen LogP contribution < -0.4 is 10.6 Å². The summed E-state index contributed by atoms with van der Waals surface area (Å²) >= 11 is 1.59. The zero-order valence-electron chi connectivity index (χ0n) is 9.28. The van der Waals surface area contributed by atoms with Gasteiger partial charge >= 0.3 is 12.0 Å². The molecule has 0 saturated carbocycles. The lowest BCUT2D eigenvalue weighted by Crippen LogP contribution is -2.41. The Balaban J connectivity index is 3.70. The van der Waals surface area contributed by atoms with E-state index in [-0.39, 0.29) is 18.1 Å². The summed E-state index contributed by atoms with van der Waals surface area (Å²) in [7, 11) is 0. The van der Waals surface area contributed by atoms with Crippen molar-refractivity contribution in [2.75, 3.05) is 12.8 Å². The number of hydrogen-bond acceptors (Lipinski definition) is 4. The molecule has 0 saturated heterocycles. The van der Waals surface area contributed by atoms with Gasteiger partial charge in [0.1, 0.15) is 0 Å². The van der Waals surface area contributed by atoms with Crippen molar-refractivity contribution >= 4 is 29.7 Å². The van der Waals surface area contributed by atoms with E-state index >= 15 is 0 Å². The molecule has 0 heterocycles. The molecule has 0 radical (unpaired) electrons. The number of imide groups is 1. The maximum atomic E-state index is 11.1. The monoisotopic (exact) mass is 248 g/mol. The number of nitrogens with one attached hydrogen (secondary N) is 2. The van der Waals surface area contributed by atoms with Crippen molar-refractivity contribution in [3.63, 3.8) is 0 Å². The van der Waals surface area contributed by atoms with Gasteiger partial charge in [0, 0.05) is 18.2 Å². The summed E-state index contributed by atoms with van der Waals surface area (Å²) < 4.78 is 0. The third kappa shape index (κ3) is 8.10. The molecule has 0 aliphatic rings. The first-order valence-corrected chi connectivity index (χ1v) is 6.06. The molecule has 0 aliphatic carbocycles. The summed E-state index contributed by atoms with van der Waals surface area (Å²) in [4.78, 5) is 32.3. The molecule has 0 aliphatic heterocycles.